The van der Waals surface area contributed by atoms with Crippen molar-refractivity contribution in [1.29, 1.82) is 0 Å². The second-order valence-electron chi connectivity index (χ2n) is 16.9. The molecule has 0 aromatic carbocycles. The molecular formula is C34H58N2O. The minimum atomic E-state index is -0.218. The van der Waals surface area contributed by atoms with E-state index >= 15 is 0 Å². The second kappa shape index (κ2) is 8.76. The van der Waals surface area contributed by atoms with Crippen LogP contribution in [-0.2, 0) is 0 Å². The molecule has 5 aliphatic carbocycles. The molecule has 3 nitrogen and oxygen atoms in total. The zero-order chi connectivity index (χ0) is 27.2. The van der Waals surface area contributed by atoms with Gasteiger partial charge in [-0.1, -0.05) is 46.8 Å². The lowest BCUT2D eigenvalue weighted by Crippen LogP contribution is -2.70. The smallest absolute Gasteiger partial charge is 0.315 e. The maximum Gasteiger partial charge on any atom is 0.315 e. The fraction of sp³-hybridized carbons (Fsp3) is 0.912. The Morgan fingerprint density at radius 3 is 2.14 bits per heavy atom. The number of amides is 2. The van der Waals surface area contributed by atoms with Crippen LogP contribution in [0.15, 0.2) is 12.2 Å². The third kappa shape index (κ3) is 4.05. The van der Waals surface area contributed by atoms with E-state index in [9.17, 15) is 4.79 Å². The normalized spacial score (nSPS) is 48.6. The molecule has 2 N–H and O–H groups in total. The summed E-state index contributed by atoms with van der Waals surface area (Å²) in [5, 5.41) is 6.80. The first kappa shape index (κ1) is 27.6. The van der Waals surface area contributed by atoms with E-state index in [2.05, 4.69) is 79.5 Å². The highest BCUT2D eigenvalue weighted by Crippen LogP contribution is 2.76. The van der Waals surface area contributed by atoms with Crippen LogP contribution in [0.25, 0.3) is 0 Å². The maximum atomic E-state index is 13.2. The zero-order valence-corrected chi connectivity index (χ0v) is 25.7. The highest BCUT2D eigenvalue weighted by molar-refractivity contribution is 5.75. The number of hydrogen-bond acceptors (Lipinski definition) is 1. The van der Waals surface area contributed by atoms with Crippen LogP contribution >= 0.6 is 0 Å². The number of carbonyl (C=O) groups excluding carboxylic acids is 1. The van der Waals surface area contributed by atoms with Gasteiger partial charge in [0.2, 0.25) is 0 Å². The molecule has 10 atom stereocenters. The van der Waals surface area contributed by atoms with Crippen molar-refractivity contribution in [1.82, 2.24) is 10.6 Å². The first-order chi connectivity index (χ1) is 17.0. The number of rotatable bonds is 2. The van der Waals surface area contributed by atoms with Gasteiger partial charge in [0.1, 0.15) is 0 Å². The van der Waals surface area contributed by atoms with Gasteiger partial charge in [-0.15, -0.1) is 0 Å². The number of allylic oxidation sites excluding steroid dienone is 1. The summed E-state index contributed by atoms with van der Waals surface area (Å²) in [4.78, 5) is 13.2. The number of fused-ring (bicyclic) bond motifs is 7. The molecule has 5 aliphatic rings. The maximum absolute atomic E-state index is 13.2. The van der Waals surface area contributed by atoms with E-state index in [-0.39, 0.29) is 23.0 Å². The highest BCUT2D eigenvalue weighted by Gasteiger charge is 2.70. The zero-order valence-electron chi connectivity index (χ0n) is 25.7. The standard InChI is InChI=1S/C34H58N2O/c1-21(2)23-12-11-22-15-19-32(8)24(28(22)23)13-14-26-33(32,9)20-16-25-31(6,7)18-17-27(34(25,26)10)35-29(37)36-30(3,4)5/h22-28H,1,11-20H2,2-10H3,(H2,35,36,37)/t22-,23+,24-,25+,26+,27?,28-,32-,33-,34+/m1/s1. The Bertz CT molecular complexity index is 931. The van der Waals surface area contributed by atoms with Crippen molar-refractivity contribution >= 4 is 6.03 Å². The van der Waals surface area contributed by atoms with Gasteiger partial charge >= 0.3 is 6.03 Å². The average Bonchev–Trinajstić information content (AvgIpc) is 3.19. The van der Waals surface area contributed by atoms with Gasteiger partial charge in [0.15, 0.2) is 0 Å². The molecule has 0 aromatic heterocycles. The Balaban J connectivity index is 1.51. The van der Waals surface area contributed by atoms with E-state index in [1.165, 1.54) is 63.4 Å². The van der Waals surface area contributed by atoms with Gasteiger partial charge in [-0.2, -0.15) is 0 Å². The topological polar surface area (TPSA) is 41.1 Å². The van der Waals surface area contributed by atoms with Crippen LogP contribution in [0.1, 0.15) is 127 Å². The summed E-state index contributed by atoms with van der Waals surface area (Å²) < 4.78 is 0. The Hall–Kier alpha value is -0.990. The van der Waals surface area contributed by atoms with E-state index in [0.29, 0.717) is 28.1 Å². The van der Waals surface area contributed by atoms with Gasteiger partial charge in [0.05, 0.1) is 0 Å². The molecule has 0 saturated heterocycles. The third-order valence-electron chi connectivity index (χ3n) is 13.7. The van der Waals surface area contributed by atoms with E-state index in [1.807, 2.05) is 0 Å². The quantitative estimate of drug-likeness (QED) is 0.358. The van der Waals surface area contributed by atoms with Crippen molar-refractivity contribution in [3.63, 3.8) is 0 Å². The van der Waals surface area contributed by atoms with Crippen molar-refractivity contribution in [2.75, 3.05) is 0 Å². The molecule has 0 heterocycles. The summed E-state index contributed by atoms with van der Waals surface area (Å²) in [6.45, 7) is 26.1. The molecule has 0 spiro atoms. The predicted molar refractivity (Wildman–Crippen MR) is 155 cm³/mol. The van der Waals surface area contributed by atoms with Crippen LogP contribution in [-0.4, -0.2) is 17.6 Å². The number of hydrogen-bond donors (Lipinski definition) is 2. The molecule has 3 heteroatoms. The summed E-state index contributed by atoms with van der Waals surface area (Å²) >= 11 is 0. The monoisotopic (exact) mass is 510 g/mol. The van der Waals surface area contributed by atoms with Crippen LogP contribution in [0.2, 0.25) is 0 Å². The highest BCUT2D eigenvalue weighted by atomic mass is 16.2. The summed E-state index contributed by atoms with van der Waals surface area (Å²) in [5.41, 5.74) is 2.43. The van der Waals surface area contributed by atoms with Crippen LogP contribution in [0.3, 0.4) is 0 Å². The number of nitrogens with one attached hydrogen (secondary N) is 2. The summed E-state index contributed by atoms with van der Waals surface area (Å²) in [7, 11) is 0. The molecule has 5 saturated carbocycles. The molecule has 5 fully saturated rings. The van der Waals surface area contributed by atoms with E-state index in [0.717, 1.165) is 30.1 Å². The number of urea groups is 1. The van der Waals surface area contributed by atoms with Crippen molar-refractivity contribution in [3.8, 4) is 0 Å². The van der Waals surface area contributed by atoms with Gasteiger partial charge in [0, 0.05) is 11.6 Å². The van der Waals surface area contributed by atoms with Gasteiger partial charge in [-0.25, -0.2) is 4.79 Å². The van der Waals surface area contributed by atoms with Crippen LogP contribution < -0.4 is 10.6 Å². The first-order valence-electron chi connectivity index (χ1n) is 15.8. The second-order valence-corrected chi connectivity index (χ2v) is 16.9. The van der Waals surface area contributed by atoms with Crippen molar-refractivity contribution in [3.05, 3.63) is 12.2 Å². The fourth-order valence-corrected chi connectivity index (χ4v) is 11.9. The van der Waals surface area contributed by atoms with Gasteiger partial charge in [0.25, 0.3) is 0 Å². The van der Waals surface area contributed by atoms with E-state index in [4.69, 9.17) is 0 Å². The fourth-order valence-electron chi connectivity index (χ4n) is 11.9. The van der Waals surface area contributed by atoms with Crippen LogP contribution in [0.5, 0.6) is 0 Å². The molecule has 5 rings (SSSR count). The third-order valence-corrected chi connectivity index (χ3v) is 13.7. The van der Waals surface area contributed by atoms with E-state index < -0.39 is 0 Å². The Kier molecular flexibility index (Phi) is 6.52. The SMILES string of the molecule is C=C(C)[C@@H]1CC[C@@H]2CC[C@]3(C)[C@H](CC[C@@H]4[C@@]5(C)C(NC(=O)NC(C)(C)C)CCC(C)(C)[C@@H]5CC[C@]43C)[C@H]21. The molecule has 1 unspecified atom stereocenters. The Morgan fingerprint density at radius 1 is 0.811 bits per heavy atom. The lowest BCUT2D eigenvalue weighted by atomic mass is 9.32. The minimum Gasteiger partial charge on any atom is -0.335 e. The largest absolute Gasteiger partial charge is 0.335 e. The molecule has 0 bridgehead atoms. The lowest BCUT2D eigenvalue weighted by Gasteiger charge is -2.73. The van der Waals surface area contributed by atoms with Crippen molar-refractivity contribution in [2.24, 2.45) is 57.2 Å². The molecule has 0 aromatic rings. The summed E-state index contributed by atoms with van der Waals surface area (Å²) in [6, 6.07) is 0.281. The van der Waals surface area contributed by atoms with Crippen molar-refractivity contribution < 1.29 is 4.79 Å². The van der Waals surface area contributed by atoms with Gasteiger partial charge < -0.3 is 10.6 Å². The molecule has 0 radical (unpaired) electrons. The van der Waals surface area contributed by atoms with Crippen LogP contribution in [0, 0.1) is 57.2 Å². The van der Waals surface area contributed by atoms with E-state index in [1.54, 1.807) is 0 Å². The predicted octanol–water partition coefficient (Wildman–Crippen LogP) is 8.74. The van der Waals surface area contributed by atoms with Crippen molar-refractivity contribution in [2.45, 2.75) is 138 Å². The molecule has 210 valence electrons. The average molecular weight is 511 g/mol. The summed E-state index contributed by atoms with van der Waals surface area (Å²) in [6.07, 6.45) is 13.3. The molecular weight excluding hydrogens is 452 g/mol. The Labute approximate surface area is 228 Å². The molecule has 0 aliphatic heterocycles. The number of carbonyl (C=O) groups is 1. The van der Waals surface area contributed by atoms with Gasteiger partial charge in [-0.05, 0) is 149 Å². The minimum absolute atomic E-state index is 0.0279. The van der Waals surface area contributed by atoms with Crippen LogP contribution in [0.4, 0.5) is 4.79 Å². The molecule has 2 amide bonds. The first-order valence-corrected chi connectivity index (χ1v) is 15.8. The molecule has 37 heavy (non-hydrogen) atoms. The lowest BCUT2D eigenvalue weighted by molar-refractivity contribution is -0.234. The summed E-state index contributed by atoms with van der Waals surface area (Å²) in [5.74, 6) is 4.69. The van der Waals surface area contributed by atoms with Gasteiger partial charge in [-0.3, -0.25) is 0 Å². The Morgan fingerprint density at radius 2 is 1.49 bits per heavy atom.